The number of carbonyl (C=O) groups excluding carboxylic acids is 4. The first-order valence-electron chi connectivity index (χ1n) is 14.5. The quantitative estimate of drug-likeness (QED) is 0.303. The van der Waals surface area contributed by atoms with Crippen LogP contribution in [0.2, 0.25) is 0 Å². The zero-order valence-electron chi connectivity index (χ0n) is 24.6. The number of hydrogen-bond donors (Lipinski definition) is 4. The van der Waals surface area contributed by atoms with Gasteiger partial charge in [0.05, 0.1) is 43.7 Å². The van der Waals surface area contributed by atoms with Crippen molar-refractivity contribution in [2.45, 2.75) is 69.6 Å². The number of fused-ring (bicyclic) bond motifs is 4. The number of benzene rings is 2. The molecule has 1 aliphatic heterocycles. The normalized spacial score (nSPS) is 16.5. The summed E-state index contributed by atoms with van der Waals surface area (Å²) in [6, 6.07) is 11.1. The number of carboxylic acids is 1. The maximum atomic E-state index is 13.3. The number of aromatic amines is 1. The summed E-state index contributed by atoms with van der Waals surface area (Å²) in [5.74, 6) is -2.39. The molecular weight excluding hydrogens is 595 g/mol. The van der Waals surface area contributed by atoms with E-state index in [2.05, 4.69) is 26.3 Å². The number of ether oxygens (including phenoxy) is 1. The number of aromatic nitrogens is 2. The van der Waals surface area contributed by atoms with Crippen molar-refractivity contribution >= 4 is 29.4 Å². The lowest BCUT2D eigenvalue weighted by Crippen LogP contribution is -2.47. The van der Waals surface area contributed by atoms with Crippen molar-refractivity contribution in [3.63, 3.8) is 0 Å². The number of amides is 2. The molecule has 45 heavy (non-hydrogen) atoms. The van der Waals surface area contributed by atoms with Crippen molar-refractivity contribution in [2.75, 3.05) is 12.4 Å². The van der Waals surface area contributed by atoms with Gasteiger partial charge in [-0.25, -0.2) is 4.98 Å². The highest BCUT2D eigenvalue weighted by atomic mass is 19.4. The van der Waals surface area contributed by atoms with E-state index in [0.29, 0.717) is 48.8 Å². The first-order valence-corrected chi connectivity index (χ1v) is 14.5. The summed E-state index contributed by atoms with van der Waals surface area (Å²) in [7, 11) is 1.35. The molecule has 1 saturated carbocycles. The number of alkyl halides is 3. The molecule has 5 rings (SSSR count). The number of hydrogen-bond acceptors (Lipinski definition) is 7. The van der Waals surface area contributed by atoms with Crippen LogP contribution in [0.5, 0.6) is 0 Å². The van der Waals surface area contributed by atoms with Gasteiger partial charge in [-0.3, -0.25) is 14.4 Å². The first kappa shape index (κ1) is 33.2. The summed E-state index contributed by atoms with van der Waals surface area (Å²) in [6.45, 7) is 0.713. The Kier molecular flexibility index (Phi) is 10.6. The fourth-order valence-corrected chi connectivity index (χ4v) is 5.03. The van der Waals surface area contributed by atoms with Crippen molar-refractivity contribution < 1.29 is 47.9 Å². The Bertz CT molecular complexity index is 1570. The smallest absolute Gasteiger partial charge is 0.430 e. The van der Waals surface area contributed by atoms with Crippen LogP contribution >= 0.6 is 0 Å². The van der Waals surface area contributed by atoms with E-state index >= 15 is 0 Å². The Morgan fingerprint density at radius 2 is 1.84 bits per heavy atom. The number of carboxylic acid groups (broad SMARTS) is 1. The third-order valence-electron chi connectivity index (χ3n) is 7.53. The predicted molar refractivity (Wildman–Crippen MR) is 153 cm³/mol. The lowest BCUT2D eigenvalue weighted by atomic mass is 9.99. The molecule has 2 amide bonds. The highest BCUT2D eigenvalue weighted by Crippen LogP contribution is 2.42. The molecule has 11 nitrogen and oxygen atoms in total. The van der Waals surface area contributed by atoms with Crippen molar-refractivity contribution in [1.82, 2.24) is 15.3 Å². The Labute approximate surface area is 256 Å². The Balaban J connectivity index is 0.000000591. The van der Waals surface area contributed by atoms with Gasteiger partial charge in [0.25, 0.3) is 5.91 Å². The standard InChI is InChI=1S/C29H33N5O4.C2HF3O2/c1-38-27(36)13-17-6-11-21-24(12-17)32-26(35)5-3-2-4-23(28-31-16-25(21)33-28)34-29(37)19-9-10-20(15-30)22(14-19)18-7-8-18;3-2(4,5)1(6)7/h6,9-12,14,16,18,23H,2-5,7-8,13,15,30H2,1H3,(H,31,33)(H,32,35)(H,34,37);(H,6,7)/t23-;/m0./s1. The zero-order valence-corrected chi connectivity index (χ0v) is 24.6. The average molecular weight is 630 g/mol. The van der Waals surface area contributed by atoms with E-state index in [1.807, 2.05) is 30.3 Å². The molecule has 2 bridgehead atoms. The Morgan fingerprint density at radius 3 is 2.49 bits per heavy atom. The SMILES string of the molecule is COC(=O)Cc1ccc2c(c1)NC(=O)CCCC[C@H](NC(=O)c1ccc(C[NH3+])c(C3CC3)c1)c1ncc-2[nH]1.O=C([O-])C(F)(F)F. The molecule has 1 aromatic heterocycles. The predicted octanol–water partition coefficient (Wildman–Crippen LogP) is 2.69. The van der Waals surface area contributed by atoms with E-state index < -0.39 is 12.1 Å². The second kappa shape index (κ2) is 14.4. The maximum Gasteiger partial charge on any atom is 0.430 e. The summed E-state index contributed by atoms with van der Waals surface area (Å²) >= 11 is 0. The van der Waals surface area contributed by atoms with Crippen molar-refractivity contribution in [2.24, 2.45) is 0 Å². The Morgan fingerprint density at radius 1 is 1.11 bits per heavy atom. The molecule has 0 spiro atoms. The van der Waals surface area contributed by atoms with E-state index in [9.17, 15) is 27.6 Å². The summed E-state index contributed by atoms with van der Waals surface area (Å²) in [6.07, 6.45) is 1.39. The van der Waals surface area contributed by atoms with Crippen LogP contribution in [0.25, 0.3) is 11.3 Å². The number of nitrogens with zero attached hydrogens (tertiary/aromatic N) is 1. The van der Waals surface area contributed by atoms with E-state index in [-0.39, 0.29) is 30.2 Å². The number of methoxy groups -OCH3 is 1. The van der Waals surface area contributed by atoms with E-state index in [0.717, 1.165) is 36.1 Å². The molecule has 0 unspecified atom stereocenters. The van der Waals surface area contributed by atoms with Gasteiger partial charge in [-0.05, 0) is 60.9 Å². The minimum absolute atomic E-state index is 0.0968. The molecule has 14 heteroatoms. The molecule has 1 fully saturated rings. The third-order valence-corrected chi connectivity index (χ3v) is 7.53. The van der Waals surface area contributed by atoms with Gasteiger partial charge >= 0.3 is 12.1 Å². The van der Waals surface area contributed by atoms with Crippen LogP contribution in [0.4, 0.5) is 18.9 Å². The van der Waals surface area contributed by atoms with Gasteiger partial charge in [0.2, 0.25) is 5.91 Å². The Hall–Kier alpha value is -4.72. The number of imidazole rings is 1. The number of carbonyl (C=O) groups is 4. The van der Waals surface area contributed by atoms with Gasteiger partial charge in [-0.1, -0.05) is 24.6 Å². The van der Waals surface area contributed by atoms with Crippen LogP contribution in [-0.4, -0.2) is 47.0 Å². The van der Waals surface area contributed by atoms with Gasteiger partial charge in [0.1, 0.15) is 11.8 Å². The number of quaternary nitrogens is 1. The summed E-state index contributed by atoms with van der Waals surface area (Å²) < 4.78 is 36.3. The minimum atomic E-state index is -5.19. The molecule has 0 radical (unpaired) electrons. The lowest BCUT2D eigenvalue weighted by molar-refractivity contribution is -0.386. The highest BCUT2D eigenvalue weighted by molar-refractivity contribution is 5.96. The van der Waals surface area contributed by atoms with Crippen molar-refractivity contribution in [1.29, 1.82) is 0 Å². The third kappa shape index (κ3) is 8.91. The van der Waals surface area contributed by atoms with Crippen molar-refractivity contribution in [3.05, 3.63) is 70.7 Å². The first-order chi connectivity index (χ1) is 21.4. The van der Waals surface area contributed by atoms with Gasteiger partial charge in [-0.15, -0.1) is 0 Å². The molecular formula is C31H34F3N5O6. The lowest BCUT2D eigenvalue weighted by Gasteiger charge is -2.19. The van der Waals surface area contributed by atoms with E-state index in [4.69, 9.17) is 14.6 Å². The minimum Gasteiger partial charge on any atom is -0.542 e. The van der Waals surface area contributed by atoms with Crippen molar-refractivity contribution in [3.8, 4) is 11.3 Å². The number of rotatable bonds is 6. The maximum absolute atomic E-state index is 13.3. The van der Waals surface area contributed by atoms with Gasteiger partial charge in [-0.2, -0.15) is 13.2 Å². The fraction of sp³-hybridized carbons (Fsp3) is 0.387. The van der Waals surface area contributed by atoms with Crippen LogP contribution < -0.4 is 21.5 Å². The molecule has 2 aromatic carbocycles. The number of nitrogens with one attached hydrogen (secondary N) is 3. The molecule has 1 atom stereocenters. The van der Waals surface area contributed by atoms with Crippen LogP contribution in [0, 0.1) is 0 Å². The largest absolute Gasteiger partial charge is 0.542 e. The van der Waals surface area contributed by atoms with E-state index in [1.165, 1.54) is 18.2 Å². The van der Waals surface area contributed by atoms with E-state index in [1.54, 1.807) is 12.3 Å². The zero-order chi connectivity index (χ0) is 32.7. The topological polar surface area (TPSA) is 181 Å². The number of halogens is 3. The molecule has 2 aliphatic rings. The van der Waals surface area contributed by atoms with Crippen LogP contribution in [-0.2, 0) is 32.1 Å². The molecule has 2 heterocycles. The average Bonchev–Trinajstić information content (AvgIpc) is 3.73. The van der Waals surface area contributed by atoms with Gasteiger partial charge < -0.3 is 36.0 Å². The summed E-state index contributed by atoms with van der Waals surface area (Å²) in [4.78, 5) is 54.6. The number of H-pyrrole nitrogens is 1. The summed E-state index contributed by atoms with van der Waals surface area (Å²) in [5.41, 5.74) is 9.94. The second-order valence-electron chi connectivity index (χ2n) is 10.9. The molecule has 6 N–H and O–H groups in total. The highest BCUT2D eigenvalue weighted by Gasteiger charge is 2.29. The van der Waals surface area contributed by atoms with Crippen LogP contribution in [0.3, 0.4) is 0 Å². The fourth-order valence-electron chi connectivity index (χ4n) is 5.03. The molecule has 240 valence electrons. The number of anilines is 1. The molecule has 0 saturated heterocycles. The number of esters is 1. The van der Waals surface area contributed by atoms with Gasteiger partial charge in [0, 0.05) is 23.1 Å². The second-order valence-corrected chi connectivity index (χ2v) is 10.9. The number of aliphatic carboxylic acids is 1. The van der Waals surface area contributed by atoms with Crippen LogP contribution in [0.1, 0.15) is 83.4 Å². The monoisotopic (exact) mass is 629 g/mol. The molecule has 3 aromatic rings. The van der Waals surface area contributed by atoms with Gasteiger partial charge in [0.15, 0.2) is 0 Å². The van der Waals surface area contributed by atoms with Crippen LogP contribution in [0.15, 0.2) is 42.6 Å². The summed E-state index contributed by atoms with van der Waals surface area (Å²) in [5, 5.41) is 15.0. The molecule has 1 aliphatic carbocycles.